The van der Waals surface area contributed by atoms with Gasteiger partial charge in [-0.2, -0.15) is 18.2 Å². The van der Waals surface area contributed by atoms with Crippen molar-refractivity contribution in [3.05, 3.63) is 47.4 Å². The van der Waals surface area contributed by atoms with Gasteiger partial charge in [-0.1, -0.05) is 0 Å². The van der Waals surface area contributed by atoms with Crippen molar-refractivity contribution in [2.45, 2.75) is 6.92 Å². The van der Waals surface area contributed by atoms with Crippen LogP contribution in [0.5, 0.6) is 17.4 Å². The monoisotopic (exact) mass is 297 g/mol. The van der Waals surface area contributed by atoms with Crippen LogP contribution in [0, 0.1) is 17.6 Å². The summed E-state index contributed by atoms with van der Waals surface area (Å²) < 4.78 is 50.1. The van der Waals surface area contributed by atoms with Crippen LogP contribution in [0.3, 0.4) is 0 Å². The predicted octanol–water partition coefficient (Wildman–Crippen LogP) is 3.50. The highest BCUT2D eigenvalue weighted by molar-refractivity contribution is 5.94. The quantitative estimate of drug-likeness (QED) is 0.640. The van der Waals surface area contributed by atoms with Crippen molar-refractivity contribution in [1.82, 2.24) is 4.98 Å². The lowest BCUT2D eigenvalue weighted by atomic mass is 10.1. The Balaban J connectivity index is 2.39. The summed E-state index contributed by atoms with van der Waals surface area (Å²) in [7, 11) is 1.06. The van der Waals surface area contributed by atoms with Crippen LogP contribution in [-0.4, -0.2) is 17.9 Å². The van der Waals surface area contributed by atoms with Gasteiger partial charge in [-0.25, -0.2) is 0 Å². The van der Waals surface area contributed by atoms with E-state index in [1.807, 2.05) is 0 Å². The largest absolute Gasteiger partial charge is 0.479 e. The summed E-state index contributed by atoms with van der Waals surface area (Å²) in [4.78, 5) is 14.1. The van der Waals surface area contributed by atoms with Crippen LogP contribution in [0.25, 0.3) is 0 Å². The standard InChI is InChI=1S/C14H10F3NO3/c1-7(19)8-3-5-9(6-4-8)21-12-10(15)13(17)18-14(20-2)11(12)16/h3-6H,1-2H3. The molecule has 2 rings (SSSR count). The van der Waals surface area contributed by atoms with Gasteiger partial charge in [-0.05, 0) is 31.2 Å². The van der Waals surface area contributed by atoms with Gasteiger partial charge in [0.25, 0.3) is 11.8 Å². The zero-order chi connectivity index (χ0) is 15.6. The maximum atomic E-state index is 13.8. The molecule has 0 spiro atoms. The minimum absolute atomic E-state index is 0.0328. The van der Waals surface area contributed by atoms with Gasteiger partial charge in [-0.3, -0.25) is 4.79 Å². The number of ether oxygens (including phenoxy) is 2. The van der Waals surface area contributed by atoms with Crippen LogP contribution in [0.2, 0.25) is 0 Å². The van der Waals surface area contributed by atoms with Gasteiger partial charge in [0, 0.05) is 5.56 Å². The molecule has 0 aliphatic rings. The predicted molar refractivity (Wildman–Crippen MR) is 67.2 cm³/mol. The molecule has 110 valence electrons. The van der Waals surface area contributed by atoms with Crippen molar-refractivity contribution >= 4 is 5.78 Å². The van der Waals surface area contributed by atoms with Crippen LogP contribution in [0.4, 0.5) is 13.2 Å². The van der Waals surface area contributed by atoms with Crippen molar-refractivity contribution in [2.75, 3.05) is 7.11 Å². The fourth-order valence-electron chi connectivity index (χ4n) is 1.57. The lowest BCUT2D eigenvalue weighted by Gasteiger charge is -2.10. The average molecular weight is 297 g/mol. The highest BCUT2D eigenvalue weighted by Crippen LogP contribution is 2.32. The van der Waals surface area contributed by atoms with E-state index in [0.717, 1.165) is 7.11 Å². The van der Waals surface area contributed by atoms with Crippen LogP contribution < -0.4 is 9.47 Å². The molecule has 1 aromatic carbocycles. The van der Waals surface area contributed by atoms with E-state index in [4.69, 9.17) is 4.74 Å². The second kappa shape index (κ2) is 5.82. The van der Waals surface area contributed by atoms with Crippen molar-refractivity contribution in [1.29, 1.82) is 0 Å². The Morgan fingerprint density at radius 3 is 2.24 bits per heavy atom. The van der Waals surface area contributed by atoms with E-state index in [1.165, 1.54) is 31.2 Å². The second-order valence-electron chi connectivity index (χ2n) is 4.05. The number of carbonyl (C=O) groups is 1. The van der Waals surface area contributed by atoms with E-state index in [0.29, 0.717) is 5.56 Å². The van der Waals surface area contributed by atoms with Crippen molar-refractivity contribution in [3.8, 4) is 17.4 Å². The van der Waals surface area contributed by atoms with E-state index >= 15 is 0 Å². The highest BCUT2D eigenvalue weighted by atomic mass is 19.2. The number of carbonyl (C=O) groups excluding carboxylic acids is 1. The number of rotatable bonds is 4. The molecule has 0 saturated carbocycles. The van der Waals surface area contributed by atoms with E-state index in [9.17, 15) is 18.0 Å². The minimum Gasteiger partial charge on any atom is -0.479 e. The van der Waals surface area contributed by atoms with Crippen molar-refractivity contribution in [2.24, 2.45) is 0 Å². The molecular weight excluding hydrogens is 287 g/mol. The Kier molecular flexibility index (Phi) is 4.11. The summed E-state index contributed by atoms with van der Waals surface area (Å²) in [6.07, 6.45) is 0. The fourth-order valence-corrected chi connectivity index (χ4v) is 1.57. The summed E-state index contributed by atoms with van der Waals surface area (Å²) in [6, 6.07) is 5.51. The topological polar surface area (TPSA) is 48.4 Å². The Bertz CT molecular complexity index is 687. The molecular formula is C14H10F3NO3. The lowest BCUT2D eigenvalue weighted by Crippen LogP contribution is -2.03. The maximum Gasteiger partial charge on any atom is 0.257 e. The normalized spacial score (nSPS) is 10.3. The fraction of sp³-hybridized carbons (Fsp3) is 0.143. The number of ketones is 1. The van der Waals surface area contributed by atoms with Crippen molar-refractivity contribution < 1.29 is 27.4 Å². The van der Waals surface area contributed by atoms with E-state index in [-0.39, 0.29) is 11.5 Å². The molecule has 0 amide bonds. The number of benzene rings is 1. The Labute approximate surface area is 118 Å². The van der Waals surface area contributed by atoms with Gasteiger partial charge in [0.05, 0.1) is 7.11 Å². The van der Waals surface area contributed by atoms with Gasteiger partial charge in [0.2, 0.25) is 17.4 Å². The molecule has 0 aliphatic carbocycles. The van der Waals surface area contributed by atoms with Crippen LogP contribution >= 0.6 is 0 Å². The summed E-state index contributed by atoms with van der Waals surface area (Å²) in [5, 5.41) is 0. The molecule has 0 radical (unpaired) electrons. The number of hydrogen-bond donors (Lipinski definition) is 0. The number of pyridine rings is 1. The second-order valence-corrected chi connectivity index (χ2v) is 4.05. The van der Waals surface area contributed by atoms with Crippen LogP contribution in [0.15, 0.2) is 24.3 Å². The number of nitrogens with zero attached hydrogens (tertiary/aromatic N) is 1. The Hall–Kier alpha value is -2.57. The molecule has 1 aromatic heterocycles. The molecule has 0 N–H and O–H groups in total. The smallest absolute Gasteiger partial charge is 0.257 e. The number of hydrogen-bond acceptors (Lipinski definition) is 4. The number of halogens is 3. The van der Waals surface area contributed by atoms with Gasteiger partial charge < -0.3 is 9.47 Å². The molecule has 2 aromatic rings. The first kappa shape index (κ1) is 14.8. The Morgan fingerprint density at radius 1 is 1.10 bits per heavy atom. The zero-order valence-electron chi connectivity index (χ0n) is 11.1. The van der Waals surface area contributed by atoms with Gasteiger partial charge in [-0.15, -0.1) is 0 Å². The molecule has 0 bridgehead atoms. The first-order chi connectivity index (χ1) is 9.93. The summed E-state index contributed by atoms with van der Waals surface area (Å²) in [6.45, 7) is 1.37. The number of methoxy groups -OCH3 is 1. The van der Waals surface area contributed by atoms with Crippen LogP contribution in [-0.2, 0) is 0 Å². The van der Waals surface area contributed by atoms with E-state index in [1.54, 1.807) is 0 Å². The Morgan fingerprint density at radius 2 is 1.71 bits per heavy atom. The first-order valence-electron chi connectivity index (χ1n) is 5.81. The third kappa shape index (κ3) is 2.96. The molecule has 0 fully saturated rings. The summed E-state index contributed by atoms with van der Waals surface area (Å²) in [5.41, 5.74) is 0.404. The summed E-state index contributed by atoms with van der Waals surface area (Å²) >= 11 is 0. The summed E-state index contributed by atoms with van der Waals surface area (Å²) in [5.74, 6) is -6.18. The first-order valence-corrected chi connectivity index (χ1v) is 5.81. The zero-order valence-corrected chi connectivity index (χ0v) is 11.1. The minimum atomic E-state index is -1.57. The third-order valence-corrected chi connectivity index (χ3v) is 2.64. The molecule has 0 aliphatic heterocycles. The van der Waals surface area contributed by atoms with Gasteiger partial charge in [0.15, 0.2) is 5.78 Å². The number of aromatic nitrogens is 1. The van der Waals surface area contributed by atoms with E-state index < -0.39 is 29.2 Å². The van der Waals surface area contributed by atoms with Gasteiger partial charge in [0.1, 0.15) is 5.75 Å². The third-order valence-electron chi connectivity index (χ3n) is 2.64. The maximum absolute atomic E-state index is 13.8. The molecule has 0 atom stereocenters. The molecule has 21 heavy (non-hydrogen) atoms. The van der Waals surface area contributed by atoms with Crippen molar-refractivity contribution in [3.63, 3.8) is 0 Å². The molecule has 1 heterocycles. The molecule has 0 unspecified atom stereocenters. The SMILES string of the molecule is COc1nc(F)c(F)c(Oc2ccc(C(C)=O)cc2)c1F. The van der Waals surface area contributed by atoms with Gasteiger partial charge >= 0.3 is 0 Å². The highest BCUT2D eigenvalue weighted by Gasteiger charge is 2.23. The molecule has 4 nitrogen and oxygen atoms in total. The number of Topliss-reactive ketones (excluding diaryl/α,β-unsaturated/α-hetero) is 1. The molecule has 7 heteroatoms. The lowest BCUT2D eigenvalue weighted by molar-refractivity contribution is 0.101. The average Bonchev–Trinajstić information content (AvgIpc) is 2.47. The van der Waals surface area contributed by atoms with E-state index in [2.05, 4.69) is 9.72 Å². The molecule has 0 saturated heterocycles. The van der Waals surface area contributed by atoms with Crippen LogP contribution in [0.1, 0.15) is 17.3 Å².